The summed E-state index contributed by atoms with van der Waals surface area (Å²) in [7, 11) is 0. The SMILES string of the molecule is CC(=O)[N-]C(C(=O)[N-]C(CCOC=O)C(=O)[N-]C(C[S-])C(C)=O)C(C)C.[O]=[Tc+4]. The summed E-state index contributed by atoms with van der Waals surface area (Å²) in [5.74, 6) is -2.88. The Morgan fingerprint density at radius 2 is 1.54 bits per heavy atom. The van der Waals surface area contributed by atoms with Crippen molar-refractivity contribution in [2.75, 3.05) is 12.4 Å². The van der Waals surface area contributed by atoms with Crippen molar-refractivity contribution < 1.29 is 51.1 Å². The maximum atomic E-state index is 12.4. The van der Waals surface area contributed by atoms with Gasteiger partial charge in [-0.15, -0.1) is 0 Å². The number of ether oxygens (including phenoxy) is 1. The van der Waals surface area contributed by atoms with Gasteiger partial charge in [0.15, 0.2) is 0 Å². The van der Waals surface area contributed by atoms with E-state index >= 15 is 0 Å². The van der Waals surface area contributed by atoms with Crippen molar-refractivity contribution in [3.8, 4) is 0 Å². The Morgan fingerprint density at radius 3 is 1.93 bits per heavy atom. The summed E-state index contributed by atoms with van der Waals surface area (Å²) in [5, 5.41) is 11.2. The van der Waals surface area contributed by atoms with Crippen LogP contribution in [-0.2, 0) is 63.7 Å². The van der Waals surface area contributed by atoms with Crippen molar-refractivity contribution >= 4 is 42.6 Å². The van der Waals surface area contributed by atoms with E-state index in [1.54, 1.807) is 13.8 Å². The van der Waals surface area contributed by atoms with Gasteiger partial charge in [-0.1, -0.05) is 37.9 Å². The Hall–Kier alpha value is -1.65. The van der Waals surface area contributed by atoms with Crippen LogP contribution in [0.4, 0.5) is 0 Å². The zero-order valence-electron chi connectivity index (χ0n) is 16.0. The van der Waals surface area contributed by atoms with Crippen LogP contribution >= 0.6 is 0 Å². The second-order valence-corrected chi connectivity index (χ2v) is 6.17. The number of carbonyl (C=O) groups is 5. The van der Waals surface area contributed by atoms with Crippen LogP contribution in [-0.4, -0.2) is 60.5 Å². The molecule has 0 aromatic rings. The average molecular weight is 499 g/mol. The number of amides is 3. The molecular weight excluding hydrogens is 476 g/mol. The number of Topliss-reactive ketones (excluding diaryl/α,β-unsaturated/α-hetero) is 1. The van der Waals surface area contributed by atoms with Crippen molar-refractivity contribution in [1.82, 2.24) is 0 Å². The second kappa shape index (κ2) is 16.3. The van der Waals surface area contributed by atoms with Crippen molar-refractivity contribution in [2.24, 2.45) is 5.92 Å². The molecule has 0 fully saturated rings. The molecule has 10 nitrogen and oxygen atoms in total. The minimum atomic E-state index is -1.26. The first kappa shape index (κ1) is 28.6. The first-order valence-corrected chi connectivity index (χ1v) is 9.47. The first-order valence-electron chi connectivity index (χ1n) is 8.14. The van der Waals surface area contributed by atoms with E-state index in [0.29, 0.717) is 0 Å². The van der Waals surface area contributed by atoms with Gasteiger partial charge in [-0.3, -0.25) is 4.79 Å². The van der Waals surface area contributed by atoms with Crippen LogP contribution in [0, 0.1) is 5.92 Å². The van der Waals surface area contributed by atoms with Gasteiger partial charge in [-0.05, 0) is 20.3 Å². The van der Waals surface area contributed by atoms with Gasteiger partial charge in [-0.2, -0.15) is 5.75 Å². The molecule has 0 rings (SSSR count). The molecule has 0 aliphatic heterocycles. The summed E-state index contributed by atoms with van der Waals surface area (Å²) < 4.78 is 12.8. The number of ketones is 1. The van der Waals surface area contributed by atoms with E-state index in [-0.39, 0.29) is 37.0 Å². The third-order valence-electron chi connectivity index (χ3n) is 3.26. The second-order valence-electron chi connectivity index (χ2n) is 5.84. The van der Waals surface area contributed by atoms with Gasteiger partial charge in [0, 0.05) is 17.7 Å². The zero-order chi connectivity index (χ0) is 22.3. The molecule has 0 spiro atoms. The number of hydrogen-bond acceptors (Lipinski definition) is 8. The Bertz CT molecular complexity index is 548. The predicted molar refractivity (Wildman–Crippen MR) is 97.2 cm³/mol. The molecular formula is C16H23N3O7STc. The van der Waals surface area contributed by atoms with E-state index in [1.807, 2.05) is 0 Å². The van der Waals surface area contributed by atoms with Crippen LogP contribution in [0.15, 0.2) is 0 Å². The molecule has 157 valence electrons. The standard InChI is InChI=1S/C16H27N3O6S.O.Tc/c1-9(2)14(17-11(4)22)16(24)18-12(5-6-25-8-20)15(23)19-13(7-26)10(3)21;;/h8-9,12-14H,5-7H2,1-4H3,(H4,17,18,19,22,23,24,26);;/q;;+4/p-4. The number of nitrogens with zero attached hydrogens (tertiary/aromatic N) is 3. The van der Waals surface area contributed by atoms with Crippen molar-refractivity contribution in [3.05, 3.63) is 16.0 Å². The molecule has 3 atom stereocenters. The van der Waals surface area contributed by atoms with E-state index in [9.17, 15) is 24.0 Å². The van der Waals surface area contributed by atoms with Crippen LogP contribution in [0.1, 0.15) is 34.1 Å². The summed E-state index contributed by atoms with van der Waals surface area (Å²) in [6.45, 7) is 5.86. The molecule has 0 aromatic heterocycles. The van der Waals surface area contributed by atoms with Gasteiger partial charge in [0.05, 0.1) is 6.61 Å². The quantitative estimate of drug-likeness (QED) is 0.219. The van der Waals surface area contributed by atoms with Crippen molar-refractivity contribution in [1.29, 1.82) is 0 Å². The number of rotatable bonds is 12. The fourth-order valence-corrected chi connectivity index (χ4v) is 2.18. The molecule has 0 heterocycles. The topological polar surface area (TPSA) is 154 Å². The van der Waals surface area contributed by atoms with Gasteiger partial charge in [-0.25, -0.2) is 0 Å². The molecule has 28 heavy (non-hydrogen) atoms. The molecule has 0 aliphatic rings. The maximum absolute atomic E-state index is 12.4. The van der Waals surface area contributed by atoms with E-state index < -0.39 is 35.8 Å². The molecule has 0 bridgehead atoms. The van der Waals surface area contributed by atoms with Gasteiger partial charge >= 0.3 is 22.4 Å². The summed E-state index contributed by atoms with van der Waals surface area (Å²) in [6, 6.07) is -3.29. The molecule has 0 aliphatic carbocycles. The molecule has 0 N–H and O–H groups in total. The number of hydrogen-bond donors (Lipinski definition) is 0. The van der Waals surface area contributed by atoms with E-state index in [0.717, 1.165) is 18.9 Å². The van der Waals surface area contributed by atoms with Gasteiger partial charge < -0.3 is 52.5 Å². The monoisotopic (exact) mass is 498 g/mol. The Kier molecular flexibility index (Phi) is 16.6. The summed E-state index contributed by atoms with van der Waals surface area (Å²) in [4.78, 5) is 57.5. The Morgan fingerprint density at radius 1 is 1.00 bits per heavy atom. The zero-order valence-corrected chi connectivity index (χ0v) is 18.7. The number of carbonyl (C=O) groups excluding carboxylic acids is 5. The molecule has 0 saturated carbocycles. The van der Waals surface area contributed by atoms with E-state index in [1.165, 1.54) is 13.8 Å². The van der Waals surface area contributed by atoms with Crippen molar-refractivity contribution in [3.63, 3.8) is 0 Å². The van der Waals surface area contributed by atoms with Crippen molar-refractivity contribution in [2.45, 2.75) is 52.2 Å². The third kappa shape index (κ3) is 11.9. The molecule has 0 aromatic carbocycles. The fraction of sp³-hybridized carbons (Fsp3) is 0.688. The summed E-state index contributed by atoms with van der Waals surface area (Å²) in [6.07, 6.45) is -0.0975. The van der Waals surface area contributed by atoms with Gasteiger partial charge in [0.25, 0.3) is 6.47 Å². The van der Waals surface area contributed by atoms with Gasteiger partial charge in [0.1, 0.15) is 5.78 Å². The van der Waals surface area contributed by atoms with E-state index in [2.05, 4.69) is 20.7 Å². The van der Waals surface area contributed by atoms with Gasteiger partial charge in [0.2, 0.25) is 0 Å². The molecule has 12 heteroatoms. The molecule has 3 amide bonds. The minimum absolute atomic E-state index is 0.0825. The molecule has 0 saturated heterocycles. The molecule has 0 radical (unpaired) electrons. The summed E-state index contributed by atoms with van der Waals surface area (Å²) >= 11 is 5.68. The normalized spacial score (nSPS) is 13.1. The van der Waals surface area contributed by atoms with Crippen LogP contribution in [0.2, 0.25) is 0 Å². The fourth-order valence-electron chi connectivity index (χ4n) is 1.87. The van der Waals surface area contributed by atoms with Crippen LogP contribution in [0.5, 0.6) is 0 Å². The predicted octanol–water partition coefficient (Wildman–Crippen LogP) is 1.05. The third-order valence-corrected chi connectivity index (χ3v) is 3.58. The van der Waals surface area contributed by atoms with Crippen LogP contribution in [0.25, 0.3) is 16.0 Å². The molecule has 3 unspecified atom stereocenters. The average Bonchev–Trinajstić information content (AvgIpc) is 2.64. The van der Waals surface area contributed by atoms with Crippen LogP contribution in [0.3, 0.4) is 0 Å². The first-order chi connectivity index (χ1) is 13.1. The summed E-state index contributed by atoms with van der Waals surface area (Å²) in [5.41, 5.74) is 0. The Labute approximate surface area is 180 Å². The van der Waals surface area contributed by atoms with E-state index in [4.69, 9.17) is 16.1 Å². The van der Waals surface area contributed by atoms with Crippen LogP contribution < -0.4 is 0 Å². The Balaban J connectivity index is 0.